The molecule has 0 fully saturated rings. The van der Waals surface area contributed by atoms with E-state index in [0.717, 1.165) is 11.1 Å². The van der Waals surface area contributed by atoms with Crippen LogP contribution in [-0.4, -0.2) is 13.1 Å². The first-order chi connectivity index (χ1) is 8.63. The van der Waals surface area contributed by atoms with Gasteiger partial charge in [0.15, 0.2) is 5.60 Å². The van der Waals surface area contributed by atoms with Gasteiger partial charge in [-0.05, 0) is 18.9 Å². The lowest BCUT2D eigenvalue weighted by Crippen LogP contribution is -2.25. The zero-order valence-electron chi connectivity index (χ0n) is 10.6. The summed E-state index contributed by atoms with van der Waals surface area (Å²) in [5, 5.41) is 0. The summed E-state index contributed by atoms with van der Waals surface area (Å²) >= 11 is 0. The first-order valence-corrected chi connectivity index (χ1v) is 5.81. The maximum atomic E-state index is 11.8. The Balaban J connectivity index is 2.54. The number of hydrogen-bond acceptors (Lipinski definition) is 3. The van der Waals surface area contributed by atoms with Gasteiger partial charge in [0.2, 0.25) is 5.76 Å². The summed E-state index contributed by atoms with van der Waals surface area (Å²) < 4.78 is 10.7. The van der Waals surface area contributed by atoms with E-state index in [1.165, 1.54) is 7.11 Å². The van der Waals surface area contributed by atoms with Crippen LogP contribution in [0.1, 0.15) is 18.9 Å². The van der Waals surface area contributed by atoms with Gasteiger partial charge in [-0.3, -0.25) is 0 Å². The molecule has 0 aromatic heterocycles. The molecule has 94 valence electrons. The molecule has 18 heavy (non-hydrogen) atoms. The van der Waals surface area contributed by atoms with Crippen molar-refractivity contribution in [2.24, 2.45) is 0 Å². The highest BCUT2D eigenvalue weighted by Gasteiger charge is 2.45. The molecular weight excluding hydrogens is 228 g/mol. The van der Waals surface area contributed by atoms with E-state index in [9.17, 15) is 4.79 Å². The minimum Gasteiger partial charge on any atom is -0.490 e. The van der Waals surface area contributed by atoms with Gasteiger partial charge in [0, 0.05) is 5.57 Å². The second-order valence-corrected chi connectivity index (χ2v) is 4.29. The molecule has 1 aliphatic rings. The smallest absolute Gasteiger partial charge is 0.374 e. The lowest BCUT2D eigenvalue weighted by molar-refractivity contribution is -0.149. The minimum atomic E-state index is -0.766. The van der Waals surface area contributed by atoms with Crippen molar-refractivity contribution in [1.82, 2.24) is 0 Å². The van der Waals surface area contributed by atoms with E-state index >= 15 is 0 Å². The molecule has 0 bridgehead atoms. The van der Waals surface area contributed by atoms with E-state index in [1.54, 1.807) is 6.08 Å². The first-order valence-electron chi connectivity index (χ1n) is 5.81. The van der Waals surface area contributed by atoms with Crippen LogP contribution >= 0.6 is 0 Å². The Hall–Kier alpha value is -2.03. The van der Waals surface area contributed by atoms with Gasteiger partial charge >= 0.3 is 5.97 Å². The average molecular weight is 244 g/mol. The summed E-state index contributed by atoms with van der Waals surface area (Å²) in [5.41, 5.74) is 0.983. The zero-order valence-corrected chi connectivity index (χ0v) is 10.6. The second kappa shape index (κ2) is 4.69. The van der Waals surface area contributed by atoms with Crippen LogP contribution in [0.25, 0.3) is 0 Å². The SMILES string of the molecule is C=CCC1=C(OC)C(=O)O[C@]1(C)c1ccccc1. The van der Waals surface area contributed by atoms with Gasteiger partial charge in [0.25, 0.3) is 0 Å². The molecule has 3 heteroatoms. The van der Waals surface area contributed by atoms with Crippen LogP contribution in [0, 0.1) is 0 Å². The molecule has 0 aliphatic carbocycles. The van der Waals surface area contributed by atoms with Crippen molar-refractivity contribution in [2.75, 3.05) is 7.11 Å². The fraction of sp³-hybridized carbons (Fsp3) is 0.267. The van der Waals surface area contributed by atoms with Crippen LogP contribution < -0.4 is 0 Å². The Morgan fingerprint density at radius 2 is 2.06 bits per heavy atom. The number of allylic oxidation sites excluding steroid dienone is 1. The Morgan fingerprint density at radius 1 is 1.39 bits per heavy atom. The molecule has 0 amide bonds. The molecule has 0 spiro atoms. The Bertz CT molecular complexity index is 502. The van der Waals surface area contributed by atoms with Gasteiger partial charge < -0.3 is 9.47 Å². The van der Waals surface area contributed by atoms with Crippen molar-refractivity contribution in [3.8, 4) is 0 Å². The third-order valence-electron chi connectivity index (χ3n) is 3.21. The summed E-state index contributed by atoms with van der Waals surface area (Å²) in [6, 6.07) is 9.65. The van der Waals surface area contributed by atoms with Crippen LogP contribution in [0.4, 0.5) is 0 Å². The molecular formula is C15H16O3. The highest BCUT2D eigenvalue weighted by atomic mass is 16.6. The molecule has 0 saturated heterocycles. The largest absolute Gasteiger partial charge is 0.490 e. The van der Waals surface area contributed by atoms with Crippen molar-refractivity contribution in [3.63, 3.8) is 0 Å². The minimum absolute atomic E-state index is 0.293. The molecule has 1 heterocycles. The monoisotopic (exact) mass is 244 g/mol. The maximum Gasteiger partial charge on any atom is 0.374 e. The lowest BCUT2D eigenvalue weighted by atomic mass is 9.86. The van der Waals surface area contributed by atoms with Crippen molar-refractivity contribution >= 4 is 5.97 Å². The Kier molecular flexibility index (Phi) is 3.24. The van der Waals surface area contributed by atoms with E-state index < -0.39 is 11.6 Å². The summed E-state index contributed by atoms with van der Waals surface area (Å²) in [7, 11) is 1.48. The predicted molar refractivity (Wildman–Crippen MR) is 68.7 cm³/mol. The fourth-order valence-corrected chi connectivity index (χ4v) is 2.26. The lowest BCUT2D eigenvalue weighted by Gasteiger charge is -2.26. The van der Waals surface area contributed by atoms with Gasteiger partial charge in [0.1, 0.15) is 0 Å². The molecule has 1 atom stereocenters. The number of benzene rings is 1. The Morgan fingerprint density at radius 3 is 2.61 bits per heavy atom. The molecule has 0 saturated carbocycles. The fourth-order valence-electron chi connectivity index (χ4n) is 2.26. The third-order valence-corrected chi connectivity index (χ3v) is 3.21. The average Bonchev–Trinajstić information content (AvgIpc) is 2.63. The van der Waals surface area contributed by atoms with E-state index in [1.807, 2.05) is 37.3 Å². The van der Waals surface area contributed by atoms with Crippen molar-refractivity contribution < 1.29 is 14.3 Å². The standard InChI is InChI=1S/C15H16O3/c1-4-8-12-13(17-3)14(16)18-15(12,2)11-9-6-5-7-10-11/h4-7,9-10H,1,8H2,2-3H3/t15-/m1/s1. The van der Waals surface area contributed by atoms with Crippen LogP contribution in [0.5, 0.6) is 0 Å². The van der Waals surface area contributed by atoms with Crippen LogP contribution in [0.3, 0.4) is 0 Å². The molecule has 3 nitrogen and oxygen atoms in total. The van der Waals surface area contributed by atoms with E-state index in [2.05, 4.69) is 6.58 Å². The first kappa shape index (κ1) is 12.4. The topological polar surface area (TPSA) is 35.5 Å². The maximum absolute atomic E-state index is 11.8. The number of cyclic esters (lactones) is 1. The highest BCUT2D eigenvalue weighted by Crippen LogP contribution is 2.42. The molecule has 0 radical (unpaired) electrons. The van der Waals surface area contributed by atoms with Crippen LogP contribution in [-0.2, 0) is 19.9 Å². The quantitative estimate of drug-likeness (QED) is 0.603. The van der Waals surface area contributed by atoms with Crippen molar-refractivity contribution in [1.29, 1.82) is 0 Å². The van der Waals surface area contributed by atoms with Gasteiger partial charge in [0.05, 0.1) is 7.11 Å². The number of ether oxygens (including phenoxy) is 2. The van der Waals surface area contributed by atoms with Crippen molar-refractivity contribution in [3.05, 3.63) is 59.9 Å². The molecule has 1 aromatic rings. The number of hydrogen-bond donors (Lipinski definition) is 0. The summed E-state index contributed by atoms with van der Waals surface area (Å²) in [6.07, 6.45) is 2.30. The molecule has 1 aliphatic heterocycles. The third kappa shape index (κ3) is 1.82. The molecule has 0 N–H and O–H groups in total. The van der Waals surface area contributed by atoms with Gasteiger partial charge in [-0.1, -0.05) is 36.4 Å². The zero-order chi connectivity index (χ0) is 13.2. The summed E-state index contributed by atoms with van der Waals surface area (Å²) in [5.74, 6) is -0.123. The van der Waals surface area contributed by atoms with Crippen LogP contribution in [0.15, 0.2) is 54.3 Å². The number of carbonyl (C=O) groups excluding carboxylic acids is 1. The molecule has 2 rings (SSSR count). The molecule has 0 unspecified atom stereocenters. The van der Waals surface area contributed by atoms with E-state index in [-0.39, 0.29) is 0 Å². The van der Waals surface area contributed by atoms with E-state index in [4.69, 9.17) is 9.47 Å². The van der Waals surface area contributed by atoms with Gasteiger partial charge in [-0.2, -0.15) is 0 Å². The number of rotatable bonds is 4. The summed E-state index contributed by atoms with van der Waals surface area (Å²) in [6.45, 7) is 5.60. The number of methoxy groups -OCH3 is 1. The predicted octanol–water partition coefficient (Wildman–Crippen LogP) is 2.94. The van der Waals surface area contributed by atoms with Crippen LogP contribution in [0.2, 0.25) is 0 Å². The normalized spacial score (nSPS) is 22.9. The highest BCUT2D eigenvalue weighted by molar-refractivity contribution is 5.91. The number of esters is 1. The summed E-state index contributed by atoms with van der Waals surface area (Å²) in [4.78, 5) is 11.8. The van der Waals surface area contributed by atoms with E-state index in [0.29, 0.717) is 12.2 Å². The van der Waals surface area contributed by atoms with Crippen molar-refractivity contribution in [2.45, 2.75) is 18.9 Å². The number of carbonyl (C=O) groups is 1. The van der Waals surface area contributed by atoms with Gasteiger partial charge in [-0.15, -0.1) is 6.58 Å². The second-order valence-electron chi connectivity index (χ2n) is 4.29. The van der Waals surface area contributed by atoms with Gasteiger partial charge in [-0.25, -0.2) is 4.79 Å². The molecule has 1 aromatic carbocycles. The Labute approximate surface area is 107 Å².